The molecule has 0 spiro atoms. The minimum Gasteiger partial charge on any atom is -0.273 e. The number of amides is 2. The zero-order chi connectivity index (χ0) is 20.0. The first-order valence-corrected chi connectivity index (χ1v) is 9.98. The van der Waals surface area contributed by atoms with E-state index in [1.54, 1.807) is 17.2 Å². The molecule has 2 heterocycles. The second-order valence-electron chi connectivity index (χ2n) is 7.52. The van der Waals surface area contributed by atoms with E-state index in [-0.39, 0.29) is 17.9 Å². The SMILES string of the molecule is CC(C)C[C@@H]1[C@H]2C(=O)N(c3ccc(Cl)c(Cl)c3)C(=O)[C@@H]2ON1c1ccccc1. The molecule has 3 atom stereocenters. The zero-order valence-corrected chi connectivity index (χ0v) is 17.0. The molecule has 0 N–H and O–H groups in total. The number of nitrogens with zero attached hydrogens (tertiary/aromatic N) is 2. The Morgan fingerprint density at radius 2 is 1.68 bits per heavy atom. The van der Waals surface area contributed by atoms with Crippen LogP contribution in [0.1, 0.15) is 20.3 Å². The van der Waals surface area contributed by atoms with Gasteiger partial charge in [-0.05, 0) is 42.7 Å². The number of hydrogen-bond donors (Lipinski definition) is 0. The van der Waals surface area contributed by atoms with Crippen LogP contribution in [0, 0.1) is 11.8 Å². The number of benzene rings is 2. The lowest BCUT2D eigenvalue weighted by Crippen LogP contribution is -2.41. The zero-order valence-electron chi connectivity index (χ0n) is 15.5. The lowest BCUT2D eigenvalue weighted by Gasteiger charge is -2.29. The molecule has 2 aromatic rings. The van der Waals surface area contributed by atoms with E-state index >= 15 is 0 Å². The predicted molar refractivity (Wildman–Crippen MR) is 109 cm³/mol. The van der Waals surface area contributed by atoms with Crippen molar-refractivity contribution in [1.82, 2.24) is 0 Å². The Labute approximate surface area is 173 Å². The van der Waals surface area contributed by atoms with Gasteiger partial charge in [0.05, 0.1) is 33.4 Å². The fourth-order valence-corrected chi connectivity index (χ4v) is 4.21. The number of hydrogen-bond acceptors (Lipinski definition) is 4. The first-order valence-electron chi connectivity index (χ1n) is 9.22. The highest BCUT2D eigenvalue weighted by Gasteiger charge is 2.59. The maximum absolute atomic E-state index is 13.3. The maximum Gasteiger partial charge on any atom is 0.266 e. The fraction of sp³-hybridized carbons (Fsp3) is 0.333. The average Bonchev–Trinajstić information content (AvgIpc) is 3.14. The number of fused-ring (bicyclic) bond motifs is 1. The van der Waals surface area contributed by atoms with Crippen LogP contribution >= 0.6 is 23.2 Å². The maximum atomic E-state index is 13.3. The van der Waals surface area contributed by atoms with E-state index in [1.165, 1.54) is 11.0 Å². The topological polar surface area (TPSA) is 49.9 Å². The minimum atomic E-state index is -0.842. The normalized spacial score (nSPS) is 24.4. The molecule has 2 amide bonds. The summed E-state index contributed by atoms with van der Waals surface area (Å²) in [7, 11) is 0. The van der Waals surface area contributed by atoms with Crippen molar-refractivity contribution in [2.75, 3.05) is 9.96 Å². The molecule has 0 aromatic heterocycles. The van der Waals surface area contributed by atoms with E-state index < -0.39 is 12.0 Å². The van der Waals surface area contributed by atoms with Gasteiger partial charge >= 0.3 is 0 Å². The van der Waals surface area contributed by atoms with Gasteiger partial charge in [-0.15, -0.1) is 0 Å². The summed E-state index contributed by atoms with van der Waals surface area (Å²) >= 11 is 12.1. The molecule has 0 unspecified atom stereocenters. The number of carbonyl (C=O) groups excluding carboxylic acids is 2. The van der Waals surface area contributed by atoms with E-state index in [2.05, 4.69) is 13.8 Å². The molecule has 0 saturated carbocycles. The van der Waals surface area contributed by atoms with Gasteiger partial charge in [0, 0.05) is 0 Å². The predicted octanol–water partition coefficient (Wildman–Crippen LogP) is 4.72. The van der Waals surface area contributed by atoms with Gasteiger partial charge in [-0.1, -0.05) is 55.2 Å². The Bertz CT molecular complexity index is 919. The van der Waals surface area contributed by atoms with Crippen molar-refractivity contribution in [1.29, 1.82) is 0 Å². The molecule has 146 valence electrons. The van der Waals surface area contributed by atoms with Crippen molar-refractivity contribution in [2.45, 2.75) is 32.4 Å². The Morgan fingerprint density at radius 3 is 2.32 bits per heavy atom. The van der Waals surface area contributed by atoms with Crippen LogP contribution in [0.3, 0.4) is 0 Å². The quantitative estimate of drug-likeness (QED) is 0.674. The molecular weight excluding hydrogens is 399 g/mol. The van der Waals surface area contributed by atoms with Gasteiger partial charge in [0.25, 0.3) is 5.91 Å². The van der Waals surface area contributed by atoms with Crippen molar-refractivity contribution < 1.29 is 14.4 Å². The summed E-state index contributed by atoms with van der Waals surface area (Å²) in [6.07, 6.45) is -0.115. The number of imide groups is 1. The van der Waals surface area contributed by atoms with E-state index in [1.807, 2.05) is 30.3 Å². The highest BCUT2D eigenvalue weighted by molar-refractivity contribution is 6.42. The van der Waals surface area contributed by atoms with Gasteiger partial charge in [0.1, 0.15) is 0 Å². The first-order chi connectivity index (χ1) is 13.4. The Morgan fingerprint density at radius 1 is 0.964 bits per heavy atom. The summed E-state index contributed by atoms with van der Waals surface area (Å²) in [5.41, 5.74) is 1.25. The monoisotopic (exact) mass is 418 g/mol. The largest absolute Gasteiger partial charge is 0.273 e. The van der Waals surface area contributed by atoms with Crippen molar-refractivity contribution in [3.8, 4) is 0 Å². The van der Waals surface area contributed by atoms with Gasteiger partial charge in [-0.2, -0.15) is 0 Å². The molecule has 2 saturated heterocycles. The van der Waals surface area contributed by atoms with Crippen LogP contribution in [0.15, 0.2) is 48.5 Å². The second-order valence-corrected chi connectivity index (χ2v) is 8.33. The molecule has 0 radical (unpaired) electrons. The first kappa shape index (κ1) is 19.2. The molecule has 0 bridgehead atoms. The molecular formula is C21H20Cl2N2O3. The van der Waals surface area contributed by atoms with Crippen LogP contribution in [0.2, 0.25) is 10.0 Å². The molecule has 28 heavy (non-hydrogen) atoms. The lowest BCUT2D eigenvalue weighted by molar-refractivity contribution is -0.126. The number of hydroxylamine groups is 1. The van der Waals surface area contributed by atoms with Crippen LogP contribution in [0.5, 0.6) is 0 Å². The van der Waals surface area contributed by atoms with Crippen molar-refractivity contribution in [3.05, 3.63) is 58.6 Å². The van der Waals surface area contributed by atoms with E-state index in [4.69, 9.17) is 28.0 Å². The molecule has 2 aliphatic rings. The number of rotatable bonds is 4. The van der Waals surface area contributed by atoms with E-state index in [0.29, 0.717) is 21.7 Å². The number of carbonyl (C=O) groups is 2. The highest BCUT2D eigenvalue weighted by atomic mass is 35.5. The van der Waals surface area contributed by atoms with Crippen LogP contribution < -0.4 is 9.96 Å². The van der Waals surface area contributed by atoms with Gasteiger partial charge < -0.3 is 0 Å². The molecule has 2 aromatic carbocycles. The summed E-state index contributed by atoms with van der Waals surface area (Å²) in [5.74, 6) is -0.872. The van der Waals surface area contributed by atoms with Crippen molar-refractivity contribution in [3.63, 3.8) is 0 Å². The standard InChI is InChI=1S/C21H20Cl2N2O3/c1-12(2)10-17-18-19(28-25(17)13-6-4-3-5-7-13)21(27)24(20(18)26)14-8-9-15(22)16(23)11-14/h3-9,11-12,17-19H,10H2,1-2H3/t17-,18-,19-/m1/s1. The molecule has 2 fully saturated rings. The second kappa shape index (κ2) is 7.39. The minimum absolute atomic E-state index is 0.225. The van der Waals surface area contributed by atoms with Gasteiger partial charge in [-0.3, -0.25) is 14.4 Å². The Kier molecular flexibility index (Phi) is 5.08. The third-order valence-electron chi connectivity index (χ3n) is 5.12. The van der Waals surface area contributed by atoms with Crippen molar-refractivity contribution >= 4 is 46.4 Å². The molecule has 2 aliphatic heterocycles. The summed E-state index contributed by atoms with van der Waals surface area (Å²) in [5, 5.41) is 2.40. The lowest BCUT2D eigenvalue weighted by atomic mass is 9.90. The van der Waals surface area contributed by atoms with Crippen LogP contribution in [-0.4, -0.2) is 24.0 Å². The van der Waals surface area contributed by atoms with Crippen molar-refractivity contribution in [2.24, 2.45) is 11.8 Å². The van der Waals surface area contributed by atoms with Crippen LogP contribution in [0.4, 0.5) is 11.4 Å². The number of para-hydroxylation sites is 1. The third-order valence-corrected chi connectivity index (χ3v) is 5.86. The molecule has 5 nitrogen and oxygen atoms in total. The average molecular weight is 419 g/mol. The smallest absolute Gasteiger partial charge is 0.266 e. The summed E-state index contributed by atoms with van der Waals surface area (Å²) in [6, 6.07) is 14.1. The van der Waals surface area contributed by atoms with Crippen LogP contribution in [0.25, 0.3) is 0 Å². The van der Waals surface area contributed by atoms with Gasteiger partial charge in [0.2, 0.25) is 5.91 Å². The Balaban J connectivity index is 1.70. The Hall–Kier alpha value is -2.08. The third kappa shape index (κ3) is 3.17. The van der Waals surface area contributed by atoms with E-state index in [0.717, 1.165) is 12.1 Å². The fourth-order valence-electron chi connectivity index (χ4n) is 3.92. The molecule has 0 aliphatic carbocycles. The van der Waals surface area contributed by atoms with Gasteiger partial charge in [0.15, 0.2) is 6.10 Å². The van der Waals surface area contributed by atoms with Crippen LogP contribution in [-0.2, 0) is 14.4 Å². The summed E-state index contributed by atoms with van der Waals surface area (Å²) in [4.78, 5) is 33.6. The summed E-state index contributed by atoms with van der Waals surface area (Å²) < 4.78 is 0. The number of anilines is 2. The highest BCUT2D eigenvalue weighted by Crippen LogP contribution is 2.42. The number of halogens is 2. The van der Waals surface area contributed by atoms with E-state index in [9.17, 15) is 9.59 Å². The molecule has 4 rings (SSSR count). The summed E-state index contributed by atoms with van der Waals surface area (Å²) in [6.45, 7) is 4.18. The molecule has 7 heteroatoms. The van der Waals surface area contributed by atoms with Gasteiger partial charge in [-0.25, -0.2) is 9.96 Å².